The summed E-state index contributed by atoms with van der Waals surface area (Å²) in [5.41, 5.74) is 2.18. The van der Waals surface area contributed by atoms with Gasteiger partial charge in [0, 0.05) is 24.7 Å². The van der Waals surface area contributed by atoms with E-state index in [1.165, 1.54) is 0 Å². The standard InChI is InChI=1S/C21H24N2O5/c1-13-11-18(26-3)19(27-4)12-15(13)22-20(24)9-10-23-16-7-5-6-8-17(16)28-14(2)21(23)25/h5-8,11-12,14H,9-10H2,1-4H3,(H,22,24)/t14-/m0/s1. The van der Waals surface area contributed by atoms with Gasteiger partial charge >= 0.3 is 0 Å². The smallest absolute Gasteiger partial charge is 0.267 e. The number of benzene rings is 2. The Morgan fingerprint density at radius 2 is 1.86 bits per heavy atom. The van der Waals surface area contributed by atoms with Gasteiger partial charge in [0.25, 0.3) is 5.91 Å². The SMILES string of the molecule is COc1cc(C)c(NC(=O)CCN2C(=O)[C@H](C)Oc3ccccc32)cc1OC. The summed E-state index contributed by atoms with van der Waals surface area (Å²) in [4.78, 5) is 26.6. The molecule has 2 aromatic rings. The van der Waals surface area contributed by atoms with Crippen molar-refractivity contribution >= 4 is 23.2 Å². The van der Waals surface area contributed by atoms with Gasteiger partial charge in [-0.1, -0.05) is 12.1 Å². The number of carbonyl (C=O) groups excluding carboxylic acids is 2. The van der Waals surface area contributed by atoms with Crippen molar-refractivity contribution < 1.29 is 23.8 Å². The van der Waals surface area contributed by atoms with Crippen molar-refractivity contribution in [3.8, 4) is 17.2 Å². The molecule has 7 nitrogen and oxygen atoms in total. The molecule has 1 aliphatic heterocycles. The molecule has 0 radical (unpaired) electrons. The maximum absolute atomic E-state index is 12.5. The van der Waals surface area contributed by atoms with E-state index in [4.69, 9.17) is 14.2 Å². The van der Waals surface area contributed by atoms with Crippen LogP contribution in [0.1, 0.15) is 18.9 Å². The quantitative estimate of drug-likeness (QED) is 0.828. The minimum Gasteiger partial charge on any atom is -0.493 e. The van der Waals surface area contributed by atoms with Crippen LogP contribution in [-0.4, -0.2) is 38.7 Å². The van der Waals surface area contributed by atoms with Crippen LogP contribution in [0.2, 0.25) is 0 Å². The maximum Gasteiger partial charge on any atom is 0.267 e. The summed E-state index contributed by atoms with van der Waals surface area (Å²) < 4.78 is 16.2. The normalized spacial score (nSPS) is 15.5. The van der Waals surface area contributed by atoms with Crippen molar-refractivity contribution in [2.45, 2.75) is 26.4 Å². The summed E-state index contributed by atoms with van der Waals surface area (Å²) in [6.45, 7) is 3.85. The first-order valence-corrected chi connectivity index (χ1v) is 9.04. The van der Waals surface area contributed by atoms with E-state index in [0.29, 0.717) is 28.6 Å². The molecule has 0 aromatic heterocycles. The molecule has 1 atom stereocenters. The second-order valence-electron chi connectivity index (χ2n) is 6.54. The molecule has 2 aromatic carbocycles. The summed E-state index contributed by atoms with van der Waals surface area (Å²) in [5, 5.41) is 2.88. The fourth-order valence-corrected chi connectivity index (χ4v) is 3.13. The zero-order valence-corrected chi connectivity index (χ0v) is 16.4. The van der Waals surface area contributed by atoms with Gasteiger partial charge in [-0.25, -0.2) is 0 Å². The van der Waals surface area contributed by atoms with E-state index in [9.17, 15) is 9.59 Å². The fourth-order valence-electron chi connectivity index (χ4n) is 3.13. The third-order valence-electron chi connectivity index (χ3n) is 4.64. The number of methoxy groups -OCH3 is 2. The van der Waals surface area contributed by atoms with E-state index in [-0.39, 0.29) is 24.8 Å². The number of hydrogen-bond donors (Lipinski definition) is 1. The molecule has 148 valence electrons. The second-order valence-corrected chi connectivity index (χ2v) is 6.54. The number of hydrogen-bond acceptors (Lipinski definition) is 5. The molecule has 0 saturated carbocycles. The van der Waals surface area contributed by atoms with Crippen molar-refractivity contribution in [3.05, 3.63) is 42.0 Å². The summed E-state index contributed by atoms with van der Waals surface area (Å²) in [5.74, 6) is 1.43. The van der Waals surface area contributed by atoms with Crippen LogP contribution < -0.4 is 24.4 Å². The average Bonchev–Trinajstić information content (AvgIpc) is 2.69. The molecule has 1 N–H and O–H groups in total. The van der Waals surface area contributed by atoms with Gasteiger partial charge in [-0.15, -0.1) is 0 Å². The minimum atomic E-state index is -0.578. The molecule has 0 bridgehead atoms. The lowest BCUT2D eigenvalue weighted by Crippen LogP contribution is -2.45. The number of amides is 2. The van der Waals surface area contributed by atoms with Crippen LogP contribution in [0.4, 0.5) is 11.4 Å². The molecule has 3 rings (SSSR count). The Morgan fingerprint density at radius 3 is 2.57 bits per heavy atom. The maximum atomic E-state index is 12.5. The van der Waals surface area contributed by atoms with Gasteiger partial charge in [-0.3, -0.25) is 9.59 Å². The highest BCUT2D eigenvalue weighted by molar-refractivity contribution is 6.01. The van der Waals surface area contributed by atoms with Crippen molar-refractivity contribution in [3.63, 3.8) is 0 Å². The van der Waals surface area contributed by atoms with E-state index in [1.54, 1.807) is 38.2 Å². The predicted octanol–water partition coefficient (Wildman–Crippen LogP) is 3.15. The first kappa shape index (κ1) is 19.5. The summed E-state index contributed by atoms with van der Waals surface area (Å²) in [6, 6.07) is 10.9. The lowest BCUT2D eigenvalue weighted by Gasteiger charge is -2.32. The summed E-state index contributed by atoms with van der Waals surface area (Å²) in [7, 11) is 3.11. The Kier molecular flexibility index (Phi) is 5.73. The minimum absolute atomic E-state index is 0.153. The second kappa shape index (κ2) is 8.21. The molecule has 0 saturated heterocycles. The average molecular weight is 384 g/mol. The molecular weight excluding hydrogens is 360 g/mol. The van der Waals surface area contributed by atoms with E-state index in [1.807, 2.05) is 31.2 Å². The molecule has 0 unspecified atom stereocenters. The Hall–Kier alpha value is -3.22. The van der Waals surface area contributed by atoms with Crippen LogP contribution in [-0.2, 0) is 9.59 Å². The number of rotatable bonds is 6. The van der Waals surface area contributed by atoms with Crippen LogP contribution in [0.15, 0.2) is 36.4 Å². The van der Waals surface area contributed by atoms with Crippen molar-refractivity contribution in [1.82, 2.24) is 0 Å². The fraction of sp³-hybridized carbons (Fsp3) is 0.333. The Morgan fingerprint density at radius 1 is 1.18 bits per heavy atom. The van der Waals surface area contributed by atoms with Crippen LogP contribution in [0.3, 0.4) is 0 Å². The number of anilines is 2. The van der Waals surface area contributed by atoms with Crippen LogP contribution >= 0.6 is 0 Å². The van der Waals surface area contributed by atoms with Crippen LogP contribution in [0.5, 0.6) is 17.2 Å². The highest BCUT2D eigenvalue weighted by Crippen LogP contribution is 2.34. The first-order chi connectivity index (χ1) is 13.4. The lowest BCUT2D eigenvalue weighted by molar-refractivity contribution is -0.125. The van der Waals surface area contributed by atoms with Gasteiger partial charge in [0.2, 0.25) is 5.91 Å². The molecule has 1 heterocycles. The Balaban J connectivity index is 1.70. The number of ether oxygens (including phenoxy) is 3. The number of carbonyl (C=O) groups is 2. The molecule has 2 amide bonds. The summed E-state index contributed by atoms with van der Waals surface area (Å²) in [6.07, 6.45) is -0.424. The van der Waals surface area contributed by atoms with Gasteiger partial charge < -0.3 is 24.4 Å². The van der Waals surface area contributed by atoms with Crippen LogP contribution in [0, 0.1) is 6.92 Å². The molecule has 0 aliphatic carbocycles. The van der Waals surface area contributed by atoms with Crippen molar-refractivity contribution in [1.29, 1.82) is 0 Å². The van der Waals surface area contributed by atoms with Crippen molar-refractivity contribution in [2.24, 2.45) is 0 Å². The number of nitrogens with one attached hydrogen (secondary N) is 1. The molecule has 7 heteroatoms. The van der Waals surface area contributed by atoms with Gasteiger partial charge in [-0.05, 0) is 37.6 Å². The molecule has 0 fully saturated rings. The van der Waals surface area contributed by atoms with E-state index >= 15 is 0 Å². The Labute approximate surface area is 164 Å². The number of aryl methyl sites for hydroxylation is 1. The van der Waals surface area contributed by atoms with Gasteiger partial charge in [0.1, 0.15) is 5.75 Å². The third-order valence-corrected chi connectivity index (χ3v) is 4.64. The van der Waals surface area contributed by atoms with Gasteiger partial charge in [0.15, 0.2) is 17.6 Å². The van der Waals surface area contributed by atoms with Crippen molar-refractivity contribution in [2.75, 3.05) is 31.0 Å². The van der Waals surface area contributed by atoms with Crippen LogP contribution in [0.25, 0.3) is 0 Å². The molecule has 1 aliphatic rings. The topological polar surface area (TPSA) is 77.1 Å². The van der Waals surface area contributed by atoms with E-state index in [2.05, 4.69) is 5.32 Å². The predicted molar refractivity (Wildman–Crippen MR) is 106 cm³/mol. The highest BCUT2D eigenvalue weighted by atomic mass is 16.5. The number of fused-ring (bicyclic) bond motifs is 1. The zero-order chi connectivity index (χ0) is 20.3. The Bertz CT molecular complexity index is 896. The van der Waals surface area contributed by atoms with E-state index < -0.39 is 6.10 Å². The van der Waals surface area contributed by atoms with Gasteiger partial charge in [-0.2, -0.15) is 0 Å². The molecular formula is C21H24N2O5. The number of para-hydroxylation sites is 2. The lowest BCUT2D eigenvalue weighted by atomic mass is 10.1. The zero-order valence-electron chi connectivity index (χ0n) is 16.4. The molecule has 0 spiro atoms. The number of nitrogens with zero attached hydrogens (tertiary/aromatic N) is 1. The van der Waals surface area contributed by atoms with Gasteiger partial charge in [0.05, 0.1) is 19.9 Å². The third kappa shape index (κ3) is 3.88. The first-order valence-electron chi connectivity index (χ1n) is 9.04. The van der Waals surface area contributed by atoms with E-state index in [0.717, 1.165) is 5.56 Å². The largest absolute Gasteiger partial charge is 0.493 e. The highest BCUT2D eigenvalue weighted by Gasteiger charge is 2.31. The summed E-state index contributed by atoms with van der Waals surface area (Å²) >= 11 is 0. The molecule has 28 heavy (non-hydrogen) atoms. The monoisotopic (exact) mass is 384 g/mol.